The lowest BCUT2D eigenvalue weighted by molar-refractivity contribution is -0.122. The van der Waals surface area contributed by atoms with Gasteiger partial charge in [-0.25, -0.2) is 0 Å². The highest BCUT2D eigenvalue weighted by atomic mass is 16.2. The highest BCUT2D eigenvalue weighted by Gasteiger charge is 2.21. The van der Waals surface area contributed by atoms with E-state index in [1.54, 1.807) is 0 Å². The summed E-state index contributed by atoms with van der Waals surface area (Å²) in [5, 5.41) is 9.88. The van der Waals surface area contributed by atoms with Gasteiger partial charge in [-0.05, 0) is 45.1 Å². The van der Waals surface area contributed by atoms with Crippen LogP contribution < -0.4 is 16.0 Å². The Bertz CT molecular complexity index is 606. The molecule has 1 aliphatic heterocycles. The fourth-order valence-electron chi connectivity index (χ4n) is 3.32. The second-order valence-corrected chi connectivity index (χ2v) is 7.54. The number of hydrogen-bond acceptors (Lipinski definition) is 3. The van der Waals surface area contributed by atoms with Crippen molar-refractivity contribution in [3.8, 4) is 0 Å². The minimum absolute atomic E-state index is 0.138. The van der Waals surface area contributed by atoms with E-state index in [0.717, 1.165) is 64.4 Å². The molecule has 0 bridgehead atoms. The molecule has 0 aromatic heterocycles. The van der Waals surface area contributed by atoms with Crippen molar-refractivity contribution in [3.05, 3.63) is 35.4 Å². The molecule has 1 heterocycles. The molecule has 0 radical (unpaired) electrons. The number of hydrogen-bond donors (Lipinski definition) is 3. The zero-order chi connectivity index (χ0) is 20.2. The summed E-state index contributed by atoms with van der Waals surface area (Å²) in [6.07, 6.45) is 3.99. The first kappa shape index (κ1) is 22.2. The molecule has 1 aromatic rings. The standard InChI is InChI=1S/C22H37N5O/c1-4-13-24-21(28)17-27-15-11-20(12-16-27)26-22(23-5-2)25-14-10-19-8-6-18(3)7-9-19/h6-9,20H,4-5,10-17H2,1-3H3,(H,24,28)(H2,23,25,26). The quantitative estimate of drug-likeness (QED) is 0.448. The average Bonchev–Trinajstić information content (AvgIpc) is 2.69. The Morgan fingerprint density at radius 1 is 1.14 bits per heavy atom. The number of benzene rings is 1. The third-order valence-corrected chi connectivity index (χ3v) is 5.00. The predicted octanol–water partition coefficient (Wildman–Crippen LogP) is 2.08. The first-order valence-corrected chi connectivity index (χ1v) is 10.7. The van der Waals surface area contributed by atoms with Crippen LogP contribution >= 0.6 is 0 Å². The van der Waals surface area contributed by atoms with Gasteiger partial charge >= 0.3 is 0 Å². The molecule has 0 atom stereocenters. The van der Waals surface area contributed by atoms with Crippen molar-refractivity contribution in [2.24, 2.45) is 4.99 Å². The normalized spacial score (nSPS) is 16.0. The van der Waals surface area contributed by atoms with Gasteiger partial charge in [0.05, 0.1) is 6.54 Å². The number of nitrogens with zero attached hydrogens (tertiary/aromatic N) is 2. The molecule has 0 aliphatic carbocycles. The van der Waals surface area contributed by atoms with Crippen LogP contribution in [-0.2, 0) is 11.2 Å². The fraction of sp³-hybridized carbons (Fsp3) is 0.636. The Kier molecular flexibility index (Phi) is 9.83. The van der Waals surface area contributed by atoms with Crippen LogP contribution in [-0.4, -0.2) is 62.1 Å². The van der Waals surface area contributed by atoms with Crippen LogP contribution in [0.1, 0.15) is 44.2 Å². The van der Waals surface area contributed by atoms with Crippen molar-refractivity contribution in [2.45, 2.75) is 52.5 Å². The first-order valence-electron chi connectivity index (χ1n) is 10.7. The number of guanidine groups is 1. The fourth-order valence-corrected chi connectivity index (χ4v) is 3.32. The van der Waals surface area contributed by atoms with E-state index in [-0.39, 0.29) is 5.91 Å². The van der Waals surface area contributed by atoms with E-state index >= 15 is 0 Å². The van der Waals surface area contributed by atoms with Gasteiger partial charge in [0.25, 0.3) is 0 Å². The maximum atomic E-state index is 11.9. The molecule has 1 aromatic carbocycles. The van der Waals surface area contributed by atoms with E-state index in [1.165, 1.54) is 11.1 Å². The summed E-state index contributed by atoms with van der Waals surface area (Å²) in [7, 11) is 0. The third kappa shape index (κ3) is 8.30. The number of nitrogens with one attached hydrogen (secondary N) is 3. The van der Waals surface area contributed by atoms with E-state index in [0.29, 0.717) is 12.6 Å². The number of likely N-dealkylation sites (tertiary alicyclic amines) is 1. The smallest absolute Gasteiger partial charge is 0.234 e. The number of aryl methyl sites for hydroxylation is 1. The third-order valence-electron chi connectivity index (χ3n) is 5.00. The molecular weight excluding hydrogens is 350 g/mol. The topological polar surface area (TPSA) is 68.8 Å². The molecule has 1 amide bonds. The van der Waals surface area contributed by atoms with Gasteiger partial charge in [0.2, 0.25) is 5.91 Å². The van der Waals surface area contributed by atoms with E-state index in [1.807, 2.05) is 0 Å². The van der Waals surface area contributed by atoms with Crippen LogP contribution in [0, 0.1) is 6.92 Å². The second-order valence-electron chi connectivity index (χ2n) is 7.54. The summed E-state index contributed by atoms with van der Waals surface area (Å²) in [6, 6.07) is 9.07. The number of carbonyl (C=O) groups excluding carboxylic acids is 1. The molecular formula is C22H37N5O. The highest BCUT2D eigenvalue weighted by molar-refractivity contribution is 5.80. The molecule has 6 nitrogen and oxygen atoms in total. The number of amides is 1. The largest absolute Gasteiger partial charge is 0.357 e. The molecule has 2 rings (SSSR count). The average molecular weight is 388 g/mol. The first-order chi connectivity index (χ1) is 13.6. The minimum Gasteiger partial charge on any atom is -0.357 e. The van der Waals surface area contributed by atoms with Crippen LogP contribution in [0.4, 0.5) is 0 Å². The summed E-state index contributed by atoms with van der Waals surface area (Å²) >= 11 is 0. The van der Waals surface area contributed by atoms with Gasteiger partial charge in [-0.2, -0.15) is 0 Å². The van der Waals surface area contributed by atoms with Crippen LogP contribution in [0.25, 0.3) is 0 Å². The SMILES string of the molecule is CCCNC(=O)CN1CCC(NC(=NCCc2ccc(C)cc2)NCC)CC1. The molecule has 1 fully saturated rings. The van der Waals surface area contributed by atoms with Crippen molar-refractivity contribution in [1.29, 1.82) is 0 Å². The number of aliphatic imine (C=N–C) groups is 1. The number of piperidine rings is 1. The van der Waals surface area contributed by atoms with Crippen molar-refractivity contribution < 1.29 is 4.79 Å². The molecule has 156 valence electrons. The Hall–Kier alpha value is -2.08. The molecule has 6 heteroatoms. The zero-order valence-corrected chi connectivity index (χ0v) is 17.8. The maximum absolute atomic E-state index is 11.9. The number of carbonyl (C=O) groups is 1. The van der Waals surface area contributed by atoms with Crippen molar-refractivity contribution >= 4 is 11.9 Å². The van der Waals surface area contributed by atoms with E-state index < -0.39 is 0 Å². The van der Waals surface area contributed by atoms with Gasteiger partial charge in [0.15, 0.2) is 5.96 Å². The van der Waals surface area contributed by atoms with Crippen LogP contribution in [0.3, 0.4) is 0 Å². The number of rotatable bonds is 9. The Morgan fingerprint density at radius 2 is 1.86 bits per heavy atom. The lowest BCUT2D eigenvalue weighted by atomic mass is 10.1. The molecule has 1 aliphatic rings. The second kappa shape index (κ2) is 12.4. The summed E-state index contributed by atoms with van der Waals surface area (Å²) in [4.78, 5) is 18.9. The monoisotopic (exact) mass is 387 g/mol. The lowest BCUT2D eigenvalue weighted by Gasteiger charge is -2.32. The van der Waals surface area contributed by atoms with E-state index in [4.69, 9.17) is 4.99 Å². The van der Waals surface area contributed by atoms with Gasteiger partial charge in [-0.3, -0.25) is 14.7 Å². The van der Waals surface area contributed by atoms with Crippen molar-refractivity contribution in [2.75, 3.05) is 39.3 Å². The zero-order valence-electron chi connectivity index (χ0n) is 17.8. The Morgan fingerprint density at radius 3 is 2.50 bits per heavy atom. The maximum Gasteiger partial charge on any atom is 0.234 e. The highest BCUT2D eigenvalue weighted by Crippen LogP contribution is 2.10. The minimum atomic E-state index is 0.138. The van der Waals surface area contributed by atoms with Gasteiger partial charge in [-0.1, -0.05) is 36.8 Å². The summed E-state index contributed by atoms with van der Waals surface area (Å²) in [5.74, 6) is 1.04. The van der Waals surface area contributed by atoms with Gasteiger partial charge in [0.1, 0.15) is 0 Å². The Labute approximate surface area is 170 Å². The van der Waals surface area contributed by atoms with Gasteiger partial charge < -0.3 is 16.0 Å². The van der Waals surface area contributed by atoms with E-state index in [9.17, 15) is 4.79 Å². The summed E-state index contributed by atoms with van der Waals surface area (Å²) in [6.45, 7) is 11.1. The Balaban J connectivity index is 1.74. The van der Waals surface area contributed by atoms with Gasteiger partial charge in [-0.15, -0.1) is 0 Å². The molecule has 0 spiro atoms. The van der Waals surface area contributed by atoms with Crippen molar-refractivity contribution in [1.82, 2.24) is 20.9 Å². The molecule has 3 N–H and O–H groups in total. The van der Waals surface area contributed by atoms with Crippen LogP contribution in [0.15, 0.2) is 29.3 Å². The molecule has 28 heavy (non-hydrogen) atoms. The van der Waals surface area contributed by atoms with Crippen LogP contribution in [0.2, 0.25) is 0 Å². The van der Waals surface area contributed by atoms with Crippen molar-refractivity contribution in [3.63, 3.8) is 0 Å². The molecule has 0 unspecified atom stereocenters. The van der Waals surface area contributed by atoms with Gasteiger partial charge in [0, 0.05) is 38.8 Å². The summed E-state index contributed by atoms with van der Waals surface area (Å²) in [5.41, 5.74) is 2.61. The molecule has 1 saturated heterocycles. The lowest BCUT2D eigenvalue weighted by Crippen LogP contribution is -2.50. The van der Waals surface area contributed by atoms with Crippen LogP contribution in [0.5, 0.6) is 0 Å². The van der Waals surface area contributed by atoms with E-state index in [2.05, 4.69) is 65.9 Å². The predicted molar refractivity (Wildman–Crippen MR) is 117 cm³/mol. The summed E-state index contributed by atoms with van der Waals surface area (Å²) < 4.78 is 0. The molecule has 0 saturated carbocycles.